The first kappa shape index (κ1) is 36.3. The summed E-state index contributed by atoms with van der Waals surface area (Å²) < 4.78 is 107. The number of benzene rings is 2. The first-order chi connectivity index (χ1) is 24.5. The minimum Gasteiger partial charge on any atom is -0.481 e. The van der Waals surface area contributed by atoms with Gasteiger partial charge in [0.2, 0.25) is 11.8 Å². The summed E-state index contributed by atoms with van der Waals surface area (Å²) in [5.41, 5.74) is 1.65. The molecule has 18 heteroatoms. The van der Waals surface area contributed by atoms with Gasteiger partial charge >= 0.3 is 18.4 Å². The number of hydrazine groups is 1. The Morgan fingerprint density at radius 1 is 0.981 bits per heavy atom. The van der Waals surface area contributed by atoms with Crippen molar-refractivity contribution in [3.8, 4) is 28.1 Å². The van der Waals surface area contributed by atoms with Crippen molar-refractivity contribution < 1.29 is 49.8 Å². The van der Waals surface area contributed by atoms with Gasteiger partial charge in [0.15, 0.2) is 0 Å². The molecule has 6 rings (SSSR count). The lowest BCUT2D eigenvalue weighted by molar-refractivity contribution is -0.143. The van der Waals surface area contributed by atoms with Crippen molar-refractivity contribution in [2.45, 2.75) is 51.1 Å². The van der Waals surface area contributed by atoms with Crippen LogP contribution in [-0.4, -0.2) is 64.3 Å². The van der Waals surface area contributed by atoms with E-state index >= 15 is 0 Å². The van der Waals surface area contributed by atoms with Crippen molar-refractivity contribution in [2.75, 3.05) is 25.1 Å². The third-order valence-electron chi connectivity index (χ3n) is 8.89. The van der Waals surface area contributed by atoms with Crippen LogP contribution in [0.2, 0.25) is 0 Å². The molecule has 2 saturated heterocycles. The van der Waals surface area contributed by atoms with Crippen molar-refractivity contribution in [1.82, 2.24) is 25.3 Å². The van der Waals surface area contributed by atoms with E-state index in [1.807, 2.05) is 0 Å². The number of rotatable bonds is 8. The minimum absolute atomic E-state index is 0.00254. The molecular formula is C34H30F7N7O4. The number of carbonyl (C=O) groups is 2. The fourth-order valence-electron chi connectivity index (χ4n) is 6.12. The van der Waals surface area contributed by atoms with E-state index in [1.54, 1.807) is 42.3 Å². The number of aryl methyl sites for hydroxylation is 1. The molecule has 0 bridgehead atoms. The van der Waals surface area contributed by atoms with Crippen LogP contribution in [0, 0.1) is 6.92 Å². The number of cyclic esters (lactones) is 1. The third kappa shape index (κ3) is 7.02. The summed E-state index contributed by atoms with van der Waals surface area (Å²) in [5, 5.41) is 0. The lowest BCUT2D eigenvalue weighted by Crippen LogP contribution is -2.49. The molecule has 11 nitrogen and oxygen atoms in total. The maximum atomic E-state index is 13.8. The van der Waals surface area contributed by atoms with E-state index in [0.717, 1.165) is 4.90 Å². The van der Waals surface area contributed by atoms with Crippen LogP contribution in [0.1, 0.15) is 51.3 Å². The van der Waals surface area contributed by atoms with Gasteiger partial charge in [-0.1, -0.05) is 6.07 Å². The summed E-state index contributed by atoms with van der Waals surface area (Å²) in [6.45, 7) is 2.89. The van der Waals surface area contributed by atoms with E-state index in [0.29, 0.717) is 45.5 Å². The highest BCUT2D eigenvalue weighted by Gasteiger charge is 2.44. The zero-order chi connectivity index (χ0) is 37.7. The number of amides is 2. The lowest BCUT2D eigenvalue weighted by Gasteiger charge is -2.34. The van der Waals surface area contributed by atoms with E-state index in [4.69, 9.17) is 15.3 Å². The number of hydrogen-bond acceptors (Lipinski definition) is 9. The van der Waals surface area contributed by atoms with Gasteiger partial charge in [-0.05, 0) is 66.9 Å². The maximum absolute atomic E-state index is 13.8. The van der Waals surface area contributed by atoms with Gasteiger partial charge in [0.05, 0.1) is 49.6 Å². The van der Waals surface area contributed by atoms with Crippen LogP contribution in [0.5, 0.6) is 5.88 Å². The number of halogens is 7. The smallest absolute Gasteiger partial charge is 0.416 e. The van der Waals surface area contributed by atoms with Crippen LogP contribution in [-0.2, 0) is 23.6 Å². The van der Waals surface area contributed by atoms with E-state index in [2.05, 4.69) is 20.4 Å². The Balaban J connectivity index is 1.41. The number of aromatic nitrogens is 3. The minimum atomic E-state index is -5.11. The first-order valence-corrected chi connectivity index (χ1v) is 15.7. The molecule has 2 atom stereocenters. The number of anilines is 1. The normalized spacial score (nSPS) is 17.9. The zero-order valence-electron chi connectivity index (χ0n) is 27.6. The quantitative estimate of drug-likeness (QED) is 0.0913. The van der Waals surface area contributed by atoms with Crippen molar-refractivity contribution in [1.29, 1.82) is 0 Å². The van der Waals surface area contributed by atoms with Gasteiger partial charge in [-0.2, -0.15) is 26.3 Å². The number of nitrogens with one attached hydrogen (secondary N) is 1. The number of nitrogens with zero attached hydrogens (tertiary/aromatic N) is 5. The molecule has 4 heterocycles. The number of ether oxygens (including phenoxy) is 2. The van der Waals surface area contributed by atoms with Crippen molar-refractivity contribution >= 4 is 17.9 Å². The van der Waals surface area contributed by atoms with Crippen LogP contribution in [0.15, 0.2) is 54.9 Å². The Kier molecular flexibility index (Phi) is 9.46. The molecule has 2 fully saturated rings. The van der Waals surface area contributed by atoms with Gasteiger partial charge in [0.1, 0.15) is 12.3 Å². The monoisotopic (exact) mass is 733 g/mol. The molecule has 2 aromatic heterocycles. The van der Waals surface area contributed by atoms with E-state index in [-0.39, 0.29) is 43.2 Å². The Bertz CT molecular complexity index is 2000. The second-order valence-corrected chi connectivity index (χ2v) is 12.3. The Morgan fingerprint density at radius 2 is 1.65 bits per heavy atom. The highest BCUT2D eigenvalue weighted by Crippen LogP contribution is 2.42. The standard InChI is InChI=1S/C34H30F7N7O4/c1-16-6-18(29(49)46-42)4-5-24(16)20-9-25(30(51-3)43-11-20)26-12-44-31(47-13-23(35)14-47)45-27(26)15-48-17(2)28(52-32(48)50)19-7-21(33(36,37)38)10-22(8-19)34(39,40)41/h4-12,17,23,28H,13-15,42H2,1-3H3,(H,46,49)/t17-,28-/m0/s1. The predicted molar refractivity (Wildman–Crippen MR) is 171 cm³/mol. The van der Waals surface area contributed by atoms with Crippen LogP contribution < -0.4 is 20.9 Å². The highest BCUT2D eigenvalue weighted by atomic mass is 19.4. The average molecular weight is 734 g/mol. The number of nitrogens with two attached hydrogens (primary N) is 1. The summed E-state index contributed by atoms with van der Waals surface area (Å²) in [4.78, 5) is 41.5. The largest absolute Gasteiger partial charge is 0.481 e. The second kappa shape index (κ2) is 13.6. The SMILES string of the molecule is COc1ncc(-c2ccc(C(=O)NN)cc2C)cc1-c1cnc(N2CC(F)C2)nc1CN1C(=O)O[C@H](c2cc(C(F)(F)F)cc(C(F)(F)F)c2)[C@@H]1C. The molecule has 3 N–H and O–H groups in total. The number of alkyl halides is 7. The van der Waals surface area contributed by atoms with Gasteiger partial charge in [0, 0.05) is 34.6 Å². The maximum Gasteiger partial charge on any atom is 0.416 e. The van der Waals surface area contributed by atoms with Gasteiger partial charge in [-0.3, -0.25) is 15.1 Å². The van der Waals surface area contributed by atoms with Crippen molar-refractivity contribution in [3.63, 3.8) is 0 Å². The number of methoxy groups -OCH3 is 1. The van der Waals surface area contributed by atoms with Gasteiger partial charge < -0.3 is 14.4 Å². The molecule has 2 aliphatic heterocycles. The average Bonchev–Trinajstić information content (AvgIpc) is 3.37. The molecule has 2 aromatic carbocycles. The first-order valence-electron chi connectivity index (χ1n) is 15.7. The summed E-state index contributed by atoms with van der Waals surface area (Å²) in [7, 11) is 1.38. The summed E-state index contributed by atoms with van der Waals surface area (Å²) in [5.74, 6) is 5.04. The molecule has 2 aliphatic rings. The number of carbonyl (C=O) groups excluding carboxylic acids is 2. The summed E-state index contributed by atoms with van der Waals surface area (Å²) in [6, 6.07) is 6.60. The molecule has 0 spiro atoms. The predicted octanol–water partition coefficient (Wildman–Crippen LogP) is 6.40. The molecule has 4 aromatic rings. The third-order valence-corrected chi connectivity index (χ3v) is 8.89. The number of pyridine rings is 1. The van der Waals surface area contributed by atoms with E-state index in [1.165, 1.54) is 20.2 Å². The molecule has 52 heavy (non-hydrogen) atoms. The Labute approximate surface area is 291 Å². The highest BCUT2D eigenvalue weighted by molar-refractivity contribution is 5.94. The molecule has 0 unspecified atom stereocenters. The fourth-order valence-corrected chi connectivity index (χ4v) is 6.12. The fraction of sp³-hybridized carbons (Fsp3) is 0.324. The van der Waals surface area contributed by atoms with Crippen LogP contribution >= 0.6 is 0 Å². The Hall–Kier alpha value is -5.52. The van der Waals surface area contributed by atoms with Crippen LogP contribution in [0.3, 0.4) is 0 Å². The van der Waals surface area contributed by atoms with E-state index < -0.39 is 59.4 Å². The number of hydrogen-bond donors (Lipinski definition) is 2. The van der Waals surface area contributed by atoms with Gasteiger partial charge in [-0.15, -0.1) is 0 Å². The van der Waals surface area contributed by atoms with Crippen LogP contribution in [0.25, 0.3) is 22.3 Å². The van der Waals surface area contributed by atoms with Crippen molar-refractivity contribution in [3.05, 3.63) is 88.4 Å². The van der Waals surface area contributed by atoms with Crippen LogP contribution in [0.4, 0.5) is 41.5 Å². The van der Waals surface area contributed by atoms with E-state index in [9.17, 15) is 40.3 Å². The lowest BCUT2D eigenvalue weighted by atomic mass is 9.96. The molecule has 0 saturated carbocycles. The molecule has 0 radical (unpaired) electrons. The van der Waals surface area contributed by atoms with Gasteiger partial charge in [-0.25, -0.2) is 30.0 Å². The molecule has 0 aliphatic carbocycles. The topological polar surface area (TPSA) is 136 Å². The second-order valence-electron chi connectivity index (χ2n) is 12.3. The summed E-state index contributed by atoms with van der Waals surface area (Å²) >= 11 is 0. The van der Waals surface area contributed by atoms with Crippen molar-refractivity contribution in [2.24, 2.45) is 5.84 Å². The molecule has 274 valence electrons. The zero-order valence-corrected chi connectivity index (χ0v) is 27.6. The molecular weight excluding hydrogens is 703 g/mol. The summed E-state index contributed by atoms with van der Waals surface area (Å²) in [6.07, 6.45) is -10.9. The number of nitrogen functional groups attached to an aromatic ring is 1. The van der Waals surface area contributed by atoms with Gasteiger partial charge in [0.25, 0.3) is 5.91 Å². The molecule has 2 amide bonds. The Morgan fingerprint density at radius 3 is 2.23 bits per heavy atom.